The molecule has 0 unspecified atom stereocenters. The number of carbonyl (C=O) groups excluding carboxylic acids is 1. The molecule has 1 atom stereocenters. The molecule has 0 radical (unpaired) electrons. The lowest BCUT2D eigenvalue weighted by Crippen LogP contribution is -2.31. The van der Waals surface area contributed by atoms with Gasteiger partial charge in [-0.3, -0.25) is 4.79 Å². The van der Waals surface area contributed by atoms with Gasteiger partial charge in [0.2, 0.25) is 5.95 Å². The van der Waals surface area contributed by atoms with Crippen molar-refractivity contribution in [1.82, 2.24) is 14.9 Å². The second kappa shape index (κ2) is 9.47. The Hall–Kier alpha value is -3.00. The van der Waals surface area contributed by atoms with Gasteiger partial charge in [-0.2, -0.15) is 0 Å². The smallest absolute Gasteiger partial charge is 0.255 e. The highest BCUT2D eigenvalue weighted by molar-refractivity contribution is 6.30. The molecular formula is C25H25ClN4O3. The normalized spacial score (nSPS) is 17.2. The maximum Gasteiger partial charge on any atom is 0.255 e. The maximum atomic E-state index is 13.3. The average molecular weight is 465 g/mol. The van der Waals surface area contributed by atoms with Crippen LogP contribution in [-0.4, -0.2) is 51.7 Å². The fourth-order valence-electron chi connectivity index (χ4n) is 4.45. The minimum Gasteiger partial charge on any atom is -0.394 e. The van der Waals surface area contributed by atoms with Gasteiger partial charge in [-0.05, 0) is 48.2 Å². The Bertz CT molecular complexity index is 1170. The zero-order chi connectivity index (χ0) is 22.8. The molecule has 170 valence electrons. The summed E-state index contributed by atoms with van der Waals surface area (Å²) < 4.78 is 5.41. The monoisotopic (exact) mass is 464 g/mol. The van der Waals surface area contributed by atoms with Crippen LogP contribution in [0, 0.1) is 0 Å². The molecule has 3 heterocycles. The number of rotatable bonds is 6. The van der Waals surface area contributed by atoms with Gasteiger partial charge in [-0.25, -0.2) is 9.97 Å². The summed E-state index contributed by atoms with van der Waals surface area (Å²) in [5.41, 5.74) is 3.97. The SMILES string of the molecule is O=C1c2cc(-c3ccnc(NC4CCOCC4)n3)ccc2CN1[C@H](CO)c1cccc(Cl)c1. The number of anilines is 1. The molecule has 7 nitrogen and oxygen atoms in total. The van der Waals surface area contributed by atoms with Crippen LogP contribution in [0.3, 0.4) is 0 Å². The topological polar surface area (TPSA) is 87.6 Å². The van der Waals surface area contributed by atoms with Crippen molar-refractivity contribution in [2.45, 2.75) is 31.5 Å². The molecule has 1 fully saturated rings. The van der Waals surface area contributed by atoms with Crippen LogP contribution in [-0.2, 0) is 11.3 Å². The Balaban J connectivity index is 1.38. The summed E-state index contributed by atoms with van der Waals surface area (Å²) in [5, 5.41) is 14.0. The minimum atomic E-state index is -0.457. The highest BCUT2D eigenvalue weighted by Gasteiger charge is 2.33. The molecule has 0 spiro atoms. The van der Waals surface area contributed by atoms with Gasteiger partial charge in [0.15, 0.2) is 0 Å². The third kappa shape index (κ3) is 4.57. The van der Waals surface area contributed by atoms with E-state index in [0.717, 1.165) is 48.4 Å². The first-order chi connectivity index (χ1) is 16.1. The Morgan fingerprint density at radius 2 is 2.03 bits per heavy atom. The summed E-state index contributed by atoms with van der Waals surface area (Å²) >= 11 is 6.13. The molecule has 2 aromatic carbocycles. The lowest BCUT2D eigenvalue weighted by atomic mass is 10.0. The van der Waals surface area contributed by atoms with Crippen LogP contribution in [0.25, 0.3) is 11.3 Å². The number of hydrogen-bond donors (Lipinski definition) is 2. The van der Waals surface area contributed by atoms with E-state index >= 15 is 0 Å². The van der Waals surface area contributed by atoms with Crippen LogP contribution in [0.2, 0.25) is 5.02 Å². The lowest BCUT2D eigenvalue weighted by Gasteiger charge is -2.26. The first-order valence-electron chi connectivity index (χ1n) is 11.1. The fourth-order valence-corrected chi connectivity index (χ4v) is 4.64. The zero-order valence-electron chi connectivity index (χ0n) is 18.1. The lowest BCUT2D eigenvalue weighted by molar-refractivity contribution is 0.0615. The number of nitrogens with zero attached hydrogens (tertiary/aromatic N) is 3. The Kier molecular flexibility index (Phi) is 6.26. The van der Waals surface area contributed by atoms with Crippen molar-refractivity contribution in [3.63, 3.8) is 0 Å². The van der Waals surface area contributed by atoms with Crippen LogP contribution < -0.4 is 5.32 Å². The van der Waals surface area contributed by atoms with Gasteiger partial charge in [0.25, 0.3) is 5.91 Å². The molecule has 1 saturated heterocycles. The highest BCUT2D eigenvalue weighted by Crippen LogP contribution is 2.34. The van der Waals surface area contributed by atoms with Gasteiger partial charge < -0.3 is 20.1 Å². The number of aromatic nitrogens is 2. The van der Waals surface area contributed by atoms with Crippen molar-refractivity contribution >= 4 is 23.5 Å². The van der Waals surface area contributed by atoms with Crippen LogP contribution in [0.1, 0.15) is 40.4 Å². The van der Waals surface area contributed by atoms with Gasteiger partial charge in [0, 0.05) is 48.1 Å². The summed E-state index contributed by atoms with van der Waals surface area (Å²) in [5.74, 6) is 0.467. The van der Waals surface area contributed by atoms with E-state index in [0.29, 0.717) is 29.1 Å². The molecule has 1 amide bonds. The van der Waals surface area contributed by atoms with E-state index in [2.05, 4.69) is 15.3 Å². The molecule has 3 aromatic rings. The second-order valence-corrected chi connectivity index (χ2v) is 8.79. The molecule has 0 saturated carbocycles. The number of halogens is 1. The van der Waals surface area contributed by atoms with E-state index in [4.69, 9.17) is 16.3 Å². The van der Waals surface area contributed by atoms with E-state index in [-0.39, 0.29) is 12.5 Å². The van der Waals surface area contributed by atoms with Crippen molar-refractivity contribution in [3.8, 4) is 11.3 Å². The van der Waals surface area contributed by atoms with Crippen LogP contribution >= 0.6 is 11.6 Å². The van der Waals surface area contributed by atoms with Crippen LogP contribution in [0.15, 0.2) is 54.7 Å². The Morgan fingerprint density at radius 1 is 1.18 bits per heavy atom. The first kappa shape index (κ1) is 21.8. The predicted octanol–water partition coefficient (Wildman–Crippen LogP) is 4.08. The molecule has 5 rings (SSSR count). The van der Waals surface area contributed by atoms with Gasteiger partial charge in [0.05, 0.1) is 18.3 Å². The maximum absolute atomic E-state index is 13.3. The standard InChI is InChI=1S/C25H25ClN4O3/c26-19-3-1-2-17(12-19)23(15-31)30-14-18-5-4-16(13-21(18)24(30)32)22-6-9-27-25(29-22)28-20-7-10-33-11-8-20/h1-6,9,12-13,20,23,31H,7-8,10-11,14-15H2,(H,27,28,29)/t23-/m1/s1. The van der Waals surface area contributed by atoms with E-state index in [9.17, 15) is 9.90 Å². The van der Waals surface area contributed by atoms with E-state index < -0.39 is 6.04 Å². The third-order valence-corrected chi connectivity index (χ3v) is 6.47. The van der Waals surface area contributed by atoms with Gasteiger partial charge >= 0.3 is 0 Å². The van der Waals surface area contributed by atoms with Crippen molar-refractivity contribution in [1.29, 1.82) is 0 Å². The highest BCUT2D eigenvalue weighted by atomic mass is 35.5. The van der Waals surface area contributed by atoms with E-state index in [1.807, 2.05) is 36.4 Å². The number of carbonyl (C=O) groups is 1. The van der Waals surface area contributed by atoms with E-state index in [1.54, 1.807) is 23.2 Å². The third-order valence-electron chi connectivity index (χ3n) is 6.23. The largest absolute Gasteiger partial charge is 0.394 e. The molecule has 2 aliphatic heterocycles. The zero-order valence-corrected chi connectivity index (χ0v) is 18.8. The molecule has 0 aliphatic carbocycles. The quantitative estimate of drug-likeness (QED) is 0.571. The van der Waals surface area contributed by atoms with Crippen LogP contribution in [0.4, 0.5) is 5.95 Å². The number of aliphatic hydroxyl groups excluding tert-OH is 1. The fraction of sp³-hybridized carbons (Fsp3) is 0.320. The molecule has 2 N–H and O–H groups in total. The Morgan fingerprint density at radius 3 is 2.82 bits per heavy atom. The molecule has 0 bridgehead atoms. The van der Waals surface area contributed by atoms with Crippen molar-refractivity contribution in [2.24, 2.45) is 0 Å². The van der Waals surface area contributed by atoms with Gasteiger partial charge in [-0.1, -0.05) is 35.9 Å². The predicted molar refractivity (Wildman–Crippen MR) is 126 cm³/mol. The summed E-state index contributed by atoms with van der Waals surface area (Å²) in [7, 11) is 0. The number of ether oxygens (including phenoxy) is 1. The molecule has 2 aliphatic rings. The van der Waals surface area contributed by atoms with Gasteiger partial charge in [0.1, 0.15) is 0 Å². The second-order valence-electron chi connectivity index (χ2n) is 8.35. The Labute approximate surface area is 197 Å². The molecule has 33 heavy (non-hydrogen) atoms. The number of hydrogen-bond acceptors (Lipinski definition) is 6. The molecule has 1 aromatic heterocycles. The first-order valence-corrected chi connectivity index (χ1v) is 11.5. The summed E-state index contributed by atoms with van der Waals surface area (Å²) in [6.45, 7) is 1.74. The number of amides is 1. The van der Waals surface area contributed by atoms with E-state index in [1.165, 1.54) is 0 Å². The van der Waals surface area contributed by atoms with Crippen molar-refractivity contribution in [2.75, 3.05) is 25.1 Å². The van der Waals surface area contributed by atoms with Crippen molar-refractivity contribution < 1.29 is 14.6 Å². The summed E-state index contributed by atoms with van der Waals surface area (Å²) in [4.78, 5) is 24.0. The summed E-state index contributed by atoms with van der Waals surface area (Å²) in [6, 6.07) is 14.8. The van der Waals surface area contributed by atoms with Gasteiger partial charge in [-0.15, -0.1) is 0 Å². The number of fused-ring (bicyclic) bond motifs is 1. The number of nitrogens with one attached hydrogen (secondary N) is 1. The van der Waals surface area contributed by atoms with Crippen molar-refractivity contribution in [3.05, 3.63) is 76.4 Å². The molecule has 8 heteroatoms. The van der Waals surface area contributed by atoms with Crippen LogP contribution in [0.5, 0.6) is 0 Å². The summed E-state index contributed by atoms with van der Waals surface area (Å²) in [6.07, 6.45) is 3.58. The number of aliphatic hydroxyl groups is 1. The minimum absolute atomic E-state index is 0.111. The molecular weight excluding hydrogens is 440 g/mol. The average Bonchev–Trinajstić information content (AvgIpc) is 3.16. The number of benzene rings is 2.